The van der Waals surface area contributed by atoms with Crippen molar-refractivity contribution in [3.05, 3.63) is 71.2 Å². The number of rotatable bonds is 6. The molecule has 0 fully saturated rings. The smallest absolute Gasteiger partial charge is 0.249 e. The molecule has 2 N–H and O–H groups in total. The molecule has 0 saturated carbocycles. The molecule has 2 aromatic carbocycles. The molecule has 1 aromatic heterocycles. The van der Waals surface area contributed by atoms with E-state index < -0.39 is 0 Å². The minimum absolute atomic E-state index is 0.248. The molecule has 0 unspecified atom stereocenters. The van der Waals surface area contributed by atoms with Gasteiger partial charge in [0.2, 0.25) is 5.95 Å². The van der Waals surface area contributed by atoms with Gasteiger partial charge in [-0.25, -0.2) is 4.39 Å². The van der Waals surface area contributed by atoms with Crippen molar-refractivity contribution in [2.24, 2.45) is 0 Å². The number of aryl methyl sites for hydroxylation is 1. The lowest BCUT2D eigenvalue weighted by molar-refractivity contribution is 0.613. The number of nitrogens with one attached hydrogen (secondary N) is 2. The highest BCUT2D eigenvalue weighted by Gasteiger charge is 2.11. The molecule has 3 aromatic rings. The second-order valence-corrected chi connectivity index (χ2v) is 6.43. The van der Waals surface area contributed by atoms with E-state index in [-0.39, 0.29) is 5.82 Å². The van der Waals surface area contributed by atoms with Gasteiger partial charge >= 0.3 is 0 Å². The van der Waals surface area contributed by atoms with Crippen molar-refractivity contribution < 1.29 is 4.39 Å². The molecular formula is C20H22FN5. The van der Waals surface area contributed by atoms with Crippen LogP contribution in [0.3, 0.4) is 0 Å². The molecular weight excluding hydrogens is 329 g/mol. The Hall–Kier alpha value is -3.02. The van der Waals surface area contributed by atoms with Gasteiger partial charge in [0.1, 0.15) is 5.82 Å². The van der Waals surface area contributed by atoms with Crippen LogP contribution in [0.25, 0.3) is 0 Å². The van der Waals surface area contributed by atoms with Crippen LogP contribution in [0, 0.1) is 12.7 Å². The number of halogens is 1. The van der Waals surface area contributed by atoms with Crippen LogP contribution in [-0.4, -0.2) is 15.2 Å². The van der Waals surface area contributed by atoms with Gasteiger partial charge in [0.25, 0.3) is 0 Å². The lowest BCUT2D eigenvalue weighted by atomic mass is 9.98. The normalized spacial score (nSPS) is 10.8. The van der Waals surface area contributed by atoms with E-state index in [0.717, 1.165) is 11.3 Å². The number of benzene rings is 2. The van der Waals surface area contributed by atoms with Crippen LogP contribution in [0.1, 0.15) is 36.5 Å². The van der Waals surface area contributed by atoms with Crippen LogP contribution in [0.4, 0.5) is 21.8 Å². The van der Waals surface area contributed by atoms with Gasteiger partial charge in [0.05, 0.1) is 6.20 Å². The van der Waals surface area contributed by atoms with Gasteiger partial charge in [-0.1, -0.05) is 50.2 Å². The summed E-state index contributed by atoms with van der Waals surface area (Å²) >= 11 is 0. The van der Waals surface area contributed by atoms with E-state index in [2.05, 4.69) is 45.7 Å². The zero-order chi connectivity index (χ0) is 18.5. The van der Waals surface area contributed by atoms with Crippen LogP contribution >= 0.6 is 0 Å². The van der Waals surface area contributed by atoms with Crippen LogP contribution in [0.5, 0.6) is 0 Å². The maximum atomic E-state index is 13.7. The average molecular weight is 351 g/mol. The molecule has 0 amide bonds. The van der Waals surface area contributed by atoms with Crippen molar-refractivity contribution in [2.75, 3.05) is 10.6 Å². The highest BCUT2D eigenvalue weighted by molar-refractivity contribution is 5.64. The van der Waals surface area contributed by atoms with E-state index in [0.29, 0.717) is 29.8 Å². The molecule has 0 radical (unpaired) electrons. The fourth-order valence-electron chi connectivity index (χ4n) is 2.72. The standard InChI is InChI=1S/C20H22FN5/c1-13(2)16-9-6-7-14(3)19(16)25-20-24-18(12-23-26-20)22-11-15-8-4-5-10-17(15)21/h4-10,12-13H,11H2,1-3H3,(H2,22,24,25,26). The first kappa shape index (κ1) is 17.8. The Morgan fingerprint density at radius 1 is 1.08 bits per heavy atom. The minimum atomic E-state index is -0.248. The van der Waals surface area contributed by atoms with E-state index in [1.807, 2.05) is 19.1 Å². The zero-order valence-corrected chi connectivity index (χ0v) is 15.1. The summed E-state index contributed by atoms with van der Waals surface area (Å²) < 4.78 is 13.7. The van der Waals surface area contributed by atoms with Gasteiger partial charge in [-0.15, -0.1) is 5.10 Å². The Balaban J connectivity index is 1.77. The Bertz CT molecular complexity index is 895. The molecule has 0 bridgehead atoms. The second-order valence-electron chi connectivity index (χ2n) is 6.43. The molecule has 0 aliphatic carbocycles. The minimum Gasteiger partial charge on any atom is -0.364 e. The summed E-state index contributed by atoms with van der Waals surface area (Å²) in [5.41, 5.74) is 3.88. The number of aromatic nitrogens is 3. The van der Waals surface area contributed by atoms with Crippen molar-refractivity contribution in [3.8, 4) is 0 Å². The summed E-state index contributed by atoms with van der Waals surface area (Å²) in [5, 5.41) is 14.4. The largest absolute Gasteiger partial charge is 0.364 e. The Morgan fingerprint density at radius 3 is 2.65 bits per heavy atom. The molecule has 5 nitrogen and oxygen atoms in total. The van der Waals surface area contributed by atoms with E-state index in [4.69, 9.17) is 0 Å². The summed E-state index contributed by atoms with van der Waals surface area (Å²) in [6.07, 6.45) is 1.52. The molecule has 0 aliphatic heterocycles. The van der Waals surface area contributed by atoms with E-state index in [1.165, 1.54) is 17.8 Å². The van der Waals surface area contributed by atoms with Crippen molar-refractivity contribution in [3.63, 3.8) is 0 Å². The maximum absolute atomic E-state index is 13.7. The van der Waals surface area contributed by atoms with Gasteiger partial charge in [-0.3, -0.25) is 0 Å². The first-order valence-electron chi connectivity index (χ1n) is 8.58. The number of hydrogen-bond donors (Lipinski definition) is 2. The SMILES string of the molecule is Cc1cccc(C(C)C)c1Nc1nncc(NCc2ccccc2F)n1. The Morgan fingerprint density at radius 2 is 1.88 bits per heavy atom. The third-order valence-corrected chi connectivity index (χ3v) is 4.14. The highest BCUT2D eigenvalue weighted by Crippen LogP contribution is 2.29. The predicted octanol–water partition coefficient (Wildman–Crippen LogP) is 4.80. The van der Waals surface area contributed by atoms with E-state index in [9.17, 15) is 4.39 Å². The lowest BCUT2D eigenvalue weighted by Gasteiger charge is -2.16. The second kappa shape index (κ2) is 7.91. The molecule has 6 heteroatoms. The molecule has 0 saturated heterocycles. The van der Waals surface area contributed by atoms with Crippen molar-refractivity contribution in [1.29, 1.82) is 0 Å². The maximum Gasteiger partial charge on any atom is 0.249 e. The Kier molecular flexibility index (Phi) is 5.41. The quantitative estimate of drug-likeness (QED) is 0.668. The first-order valence-corrected chi connectivity index (χ1v) is 8.58. The Labute approximate surface area is 152 Å². The van der Waals surface area contributed by atoms with Gasteiger partial charge in [-0.2, -0.15) is 10.1 Å². The molecule has 1 heterocycles. The van der Waals surface area contributed by atoms with Gasteiger partial charge in [0.15, 0.2) is 5.82 Å². The third-order valence-electron chi connectivity index (χ3n) is 4.14. The first-order chi connectivity index (χ1) is 12.5. The number of anilines is 3. The molecule has 0 aliphatic rings. The van der Waals surface area contributed by atoms with Crippen molar-refractivity contribution in [2.45, 2.75) is 33.2 Å². The number of para-hydroxylation sites is 1. The van der Waals surface area contributed by atoms with Crippen LogP contribution in [-0.2, 0) is 6.54 Å². The average Bonchev–Trinajstić information content (AvgIpc) is 2.63. The summed E-state index contributed by atoms with van der Waals surface area (Å²) in [7, 11) is 0. The van der Waals surface area contributed by atoms with Crippen LogP contribution in [0.15, 0.2) is 48.7 Å². The lowest BCUT2D eigenvalue weighted by Crippen LogP contribution is -2.08. The monoisotopic (exact) mass is 351 g/mol. The summed E-state index contributed by atoms with van der Waals surface area (Å²) in [5.74, 6) is 1.06. The fraction of sp³-hybridized carbons (Fsp3) is 0.250. The number of nitrogens with zero attached hydrogens (tertiary/aromatic N) is 3. The van der Waals surface area contributed by atoms with Crippen molar-refractivity contribution >= 4 is 17.5 Å². The van der Waals surface area contributed by atoms with Crippen molar-refractivity contribution in [1.82, 2.24) is 15.2 Å². The predicted molar refractivity (Wildman–Crippen MR) is 102 cm³/mol. The van der Waals surface area contributed by atoms with Crippen LogP contribution < -0.4 is 10.6 Å². The fourth-order valence-corrected chi connectivity index (χ4v) is 2.72. The van der Waals surface area contributed by atoms with Gasteiger partial charge < -0.3 is 10.6 Å². The number of hydrogen-bond acceptors (Lipinski definition) is 5. The summed E-state index contributed by atoms with van der Waals surface area (Å²) in [6.45, 7) is 6.66. The van der Waals surface area contributed by atoms with Gasteiger partial charge in [0, 0.05) is 17.8 Å². The van der Waals surface area contributed by atoms with Crippen LogP contribution in [0.2, 0.25) is 0 Å². The molecule has 0 spiro atoms. The molecule has 134 valence electrons. The highest BCUT2D eigenvalue weighted by atomic mass is 19.1. The topological polar surface area (TPSA) is 62.7 Å². The summed E-state index contributed by atoms with van der Waals surface area (Å²) in [4.78, 5) is 4.44. The molecule has 3 rings (SSSR count). The van der Waals surface area contributed by atoms with Gasteiger partial charge in [-0.05, 0) is 30.0 Å². The summed E-state index contributed by atoms with van der Waals surface area (Å²) in [6, 6.07) is 12.8. The van der Waals surface area contributed by atoms with E-state index in [1.54, 1.807) is 18.2 Å². The third kappa shape index (κ3) is 4.14. The molecule has 26 heavy (non-hydrogen) atoms. The molecule has 0 atom stereocenters. The zero-order valence-electron chi connectivity index (χ0n) is 15.1. The van der Waals surface area contributed by atoms with E-state index >= 15 is 0 Å².